The predicted molar refractivity (Wildman–Crippen MR) is 69.9 cm³/mol. The molecule has 0 spiro atoms. The fourth-order valence-corrected chi connectivity index (χ4v) is 1.45. The van der Waals surface area contributed by atoms with Gasteiger partial charge in [0.1, 0.15) is 5.75 Å². The van der Waals surface area contributed by atoms with Crippen molar-refractivity contribution in [2.45, 2.75) is 26.2 Å². The van der Waals surface area contributed by atoms with Crippen molar-refractivity contribution < 1.29 is 14.3 Å². The third-order valence-corrected chi connectivity index (χ3v) is 2.51. The predicted octanol–water partition coefficient (Wildman–Crippen LogP) is 2.18. The Labute approximate surface area is 107 Å². The topological polar surface area (TPSA) is 55.4 Å². The van der Waals surface area contributed by atoms with Crippen LogP contribution < -0.4 is 10.1 Å². The molecule has 0 unspecified atom stereocenters. The monoisotopic (exact) mass is 249 g/mol. The first-order valence-electron chi connectivity index (χ1n) is 6.14. The first-order valence-corrected chi connectivity index (χ1v) is 6.14. The van der Waals surface area contributed by atoms with Crippen LogP contribution in [-0.2, 0) is 4.79 Å². The summed E-state index contributed by atoms with van der Waals surface area (Å²) in [5.41, 5.74) is 0.614. The smallest absolute Gasteiger partial charge is 0.220 e. The highest BCUT2D eigenvalue weighted by Gasteiger charge is 2.08. The standard InChI is InChI=1S/C14H19NO3/c1-3-10-18-12-6-4-11(5-7-12)13(16)8-9-14(17)15-2/h4-7H,3,8-10H2,1-2H3,(H,15,17). The van der Waals surface area contributed by atoms with E-state index in [1.807, 2.05) is 6.92 Å². The van der Waals surface area contributed by atoms with Crippen molar-refractivity contribution in [3.8, 4) is 5.75 Å². The fraction of sp³-hybridized carbons (Fsp3) is 0.429. The second-order valence-electron chi connectivity index (χ2n) is 3.97. The Bertz CT molecular complexity index is 398. The van der Waals surface area contributed by atoms with E-state index in [9.17, 15) is 9.59 Å². The third-order valence-electron chi connectivity index (χ3n) is 2.51. The minimum Gasteiger partial charge on any atom is -0.494 e. The number of hydrogen-bond donors (Lipinski definition) is 1. The lowest BCUT2D eigenvalue weighted by Gasteiger charge is -2.05. The molecule has 0 atom stereocenters. The van der Waals surface area contributed by atoms with E-state index in [1.54, 1.807) is 31.3 Å². The van der Waals surface area contributed by atoms with E-state index in [0.29, 0.717) is 12.2 Å². The summed E-state index contributed by atoms with van der Waals surface area (Å²) >= 11 is 0. The molecule has 0 fully saturated rings. The molecular weight excluding hydrogens is 230 g/mol. The van der Waals surface area contributed by atoms with Gasteiger partial charge < -0.3 is 10.1 Å². The largest absolute Gasteiger partial charge is 0.494 e. The van der Waals surface area contributed by atoms with Gasteiger partial charge in [0.2, 0.25) is 5.91 Å². The maximum absolute atomic E-state index is 11.8. The summed E-state index contributed by atoms with van der Waals surface area (Å²) in [6, 6.07) is 7.03. The zero-order valence-electron chi connectivity index (χ0n) is 10.9. The van der Waals surface area contributed by atoms with Crippen molar-refractivity contribution in [3.05, 3.63) is 29.8 Å². The number of nitrogens with one attached hydrogen (secondary N) is 1. The number of ketones is 1. The van der Waals surface area contributed by atoms with Gasteiger partial charge in [-0.15, -0.1) is 0 Å². The molecule has 98 valence electrons. The Morgan fingerprint density at radius 3 is 2.39 bits per heavy atom. The quantitative estimate of drug-likeness (QED) is 0.754. The molecule has 1 aromatic rings. The average molecular weight is 249 g/mol. The molecule has 4 nitrogen and oxygen atoms in total. The maximum atomic E-state index is 11.8. The lowest BCUT2D eigenvalue weighted by Crippen LogP contribution is -2.18. The van der Waals surface area contributed by atoms with Gasteiger partial charge in [-0.3, -0.25) is 9.59 Å². The van der Waals surface area contributed by atoms with Crippen LogP contribution in [-0.4, -0.2) is 25.3 Å². The van der Waals surface area contributed by atoms with E-state index in [0.717, 1.165) is 12.2 Å². The van der Waals surface area contributed by atoms with Crippen molar-refractivity contribution in [1.82, 2.24) is 5.32 Å². The van der Waals surface area contributed by atoms with Crippen molar-refractivity contribution in [1.29, 1.82) is 0 Å². The van der Waals surface area contributed by atoms with Gasteiger partial charge >= 0.3 is 0 Å². The van der Waals surface area contributed by atoms with Gasteiger partial charge in [0.05, 0.1) is 6.61 Å². The van der Waals surface area contributed by atoms with Gasteiger partial charge in [0.25, 0.3) is 0 Å². The number of carbonyl (C=O) groups excluding carboxylic acids is 2. The molecule has 0 aromatic heterocycles. The molecule has 0 aliphatic rings. The number of hydrogen-bond acceptors (Lipinski definition) is 3. The summed E-state index contributed by atoms with van der Waals surface area (Å²) in [6.07, 6.45) is 1.41. The molecule has 4 heteroatoms. The van der Waals surface area contributed by atoms with Crippen LogP contribution in [0.25, 0.3) is 0 Å². The van der Waals surface area contributed by atoms with Crippen LogP contribution in [0.15, 0.2) is 24.3 Å². The normalized spacial score (nSPS) is 9.89. The van der Waals surface area contributed by atoms with Gasteiger partial charge in [0.15, 0.2) is 5.78 Å². The van der Waals surface area contributed by atoms with Crippen molar-refractivity contribution in [2.24, 2.45) is 0 Å². The molecule has 0 aliphatic carbocycles. The summed E-state index contributed by atoms with van der Waals surface area (Å²) in [5, 5.41) is 2.49. The number of amides is 1. The molecule has 1 aromatic carbocycles. The zero-order chi connectivity index (χ0) is 13.4. The molecule has 18 heavy (non-hydrogen) atoms. The SMILES string of the molecule is CCCOc1ccc(C(=O)CCC(=O)NC)cc1. The molecule has 0 radical (unpaired) electrons. The fourth-order valence-electron chi connectivity index (χ4n) is 1.45. The van der Waals surface area contributed by atoms with E-state index in [4.69, 9.17) is 4.74 Å². The molecular formula is C14H19NO3. The highest BCUT2D eigenvalue weighted by atomic mass is 16.5. The van der Waals surface area contributed by atoms with E-state index in [2.05, 4.69) is 5.32 Å². The van der Waals surface area contributed by atoms with Crippen molar-refractivity contribution in [2.75, 3.05) is 13.7 Å². The summed E-state index contributed by atoms with van der Waals surface area (Å²) in [5.74, 6) is 0.617. The Kier molecular flexibility index (Phi) is 5.91. The summed E-state index contributed by atoms with van der Waals surface area (Å²) in [7, 11) is 1.56. The first kappa shape index (κ1) is 14.2. The molecule has 1 rings (SSSR count). The van der Waals surface area contributed by atoms with E-state index in [1.165, 1.54) is 0 Å². The van der Waals surface area contributed by atoms with Crippen molar-refractivity contribution >= 4 is 11.7 Å². The highest BCUT2D eigenvalue weighted by molar-refractivity contribution is 5.98. The molecule has 0 saturated carbocycles. The van der Waals surface area contributed by atoms with Gasteiger partial charge in [-0.1, -0.05) is 6.92 Å². The van der Waals surface area contributed by atoms with Crippen LogP contribution in [0.4, 0.5) is 0 Å². The van der Waals surface area contributed by atoms with Crippen LogP contribution in [0.5, 0.6) is 5.75 Å². The maximum Gasteiger partial charge on any atom is 0.220 e. The van der Waals surface area contributed by atoms with Crippen LogP contribution in [0.2, 0.25) is 0 Å². The molecule has 0 saturated heterocycles. The van der Waals surface area contributed by atoms with Crippen LogP contribution in [0.1, 0.15) is 36.5 Å². The van der Waals surface area contributed by atoms with Crippen LogP contribution in [0, 0.1) is 0 Å². The van der Waals surface area contributed by atoms with Crippen LogP contribution >= 0.6 is 0 Å². The first-order chi connectivity index (χ1) is 8.67. The average Bonchev–Trinajstić information content (AvgIpc) is 2.42. The number of carbonyl (C=O) groups is 2. The van der Waals surface area contributed by atoms with Crippen molar-refractivity contribution in [3.63, 3.8) is 0 Å². The van der Waals surface area contributed by atoms with Gasteiger partial charge in [0, 0.05) is 25.5 Å². The van der Waals surface area contributed by atoms with Gasteiger partial charge in [-0.25, -0.2) is 0 Å². The third kappa shape index (κ3) is 4.57. The second kappa shape index (κ2) is 7.48. The number of benzene rings is 1. The lowest BCUT2D eigenvalue weighted by molar-refractivity contribution is -0.120. The molecule has 1 amide bonds. The number of ether oxygens (including phenoxy) is 1. The number of Topliss-reactive ketones (excluding diaryl/α,β-unsaturated/α-hetero) is 1. The Balaban J connectivity index is 2.51. The molecule has 0 aliphatic heterocycles. The molecule has 1 N–H and O–H groups in total. The zero-order valence-corrected chi connectivity index (χ0v) is 10.9. The Hall–Kier alpha value is -1.84. The minimum atomic E-state index is -0.119. The van der Waals surface area contributed by atoms with Crippen LogP contribution in [0.3, 0.4) is 0 Å². The molecule has 0 heterocycles. The Morgan fingerprint density at radius 1 is 1.17 bits per heavy atom. The second-order valence-corrected chi connectivity index (χ2v) is 3.97. The summed E-state index contributed by atoms with van der Waals surface area (Å²) in [6.45, 7) is 2.71. The minimum absolute atomic E-state index is 0.0272. The van der Waals surface area contributed by atoms with Gasteiger partial charge in [-0.2, -0.15) is 0 Å². The van der Waals surface area contributed by atoms with E-state index < -0.39 is 0 Å². The summed E-state index contributed by atoms with van der Waals surface area (Å²) < 4.78 is 5.43. The van der Waals surface area contributed by atoms with E-state index in [-0.39, 0.29) is 24.5 Å². The lowest BCUT2D eigenvalue weighted by atomic mass is 10.1. The highest BCUT2D eigenvalue weighted by Crippen LogP contribution is 2.14. The van der Waals surface area contributed by atoms with Gasteiger partial charge in [-0.05, 0) is 30.7 Å². The van der Waals surface area contributed by atoms with E-state index >= 15 is 0 Å². The Morgan fingerprint density at radius 2 is 1.83 bits per heavy atom. The summed E-state index contributed by atoms with van der Waals surface area (Å²) in [4.78, 5) is 22.8. The number of rotatable bonds is 7. The molecule has 0 bridgehead atoms.